The van der Waals surface area contributed by atoms with Crippen LogP contribution in [0.3, 0.4) is 0 Å². The molecule has 0 saturated carbocycles. The number of aromatic nitrogens is 1. The van der Waals surface area contributed by atoms with Gasteiger partial charge in [0.2, 0.25) is 0 Å². The topological polar surface area (TPSA) is 88.5 Å². The van der Waals surface area contributed by atoms with Gasteiger partial charge in [0, 0.05) is 5.38 Å². The molecule has 0 aliphatic heterocycles. The van der Waals surface area contributed by atoms with E-state index < -0.39 is 11.9 Å². The third kappa shape index (κ3) is 4.28. The van der Waals surface area contributed by atoms with Gasteiger partial charge in [-0.25, -0.2) is 9.78 Å². The van der Waals surface area contributed by atoms with Gasteiger partial charge in [-0.15, -0.1) is 11.3 Å². The molecule has 0 unspecified atom stereocenters. The third-order valence-corrected chi connectivity index (χ3v) is 3.40. The molecule has 1 aromatic carbocycles. The second-order valence-corrected chi connectivity index (χ2v) is 5.12. The molecule has 0 radical (unpaired) electrons. The fourth-order valence-corrected chi connectivity index (χ4v) is 2.30. The Morgan fingerprint density at radius 3 is 2.90 bits per heavy atom. The van der Waals surface area contributed by atoms with E-state index in [0.717, 1.165) is 22.6 Å². The average molecular weight is 306 g/mol. The summed E-state index contributed by atoms with van der Waals surface area (Å²) >= 11 is 0.998. The summed E-state index contributed by atoms with van der Waals surface area (Å²) in [5.74, 6) is -0.805. The summed E-state index contributed by atoms with van der Waals surface area (Å²) in [4.78, 5) is 26.1. The van der Waals surface area contributed by atoms with Crippen molar-refractivity contribution < 1.29 is 19.4 Å². The maximum absolute atomic E-state index is 11.7. The Labute approximate surface area is 125 Å². The minimum absolute atomic E-state index is 0.124. The van der Waals surface area contributed by atoms with E-state index in [1.807, 2.05) is 31.2 Å². The minimum atomic E-state index is -1.15. The Balaban J connectivity index is 1.77. The summed E-state index contributed by atoms with van der Waals surface area (Å²) in [6, 6.07) is 7.61. The SMILES string of the molecule is Cc1cccc(OCCNC(=O)c2nc(C(=O)O)cs2)c1. The van der Waals surface area contributed by atoms with Crippen LogP contribution in [0.25, 0.3) is 0 Å². The van der Waals surface area contributed by atoms with Crippen molar-refractivity contribution in [3.8, 4) is 5.75 Å². The van der Waals surface area contributed by atoms with Gasteiger partial charge in [0.05, 0.1) is 6.54 Å². The van der Waals surface area contributed by atoms with E-state index in [4.69, 9.17) is 9.84 Å². The second kappa shape index (κ2) is 6.85. The van der Waals surface area contributed by atoms with Crippen LogP contribution in [-0.2, 0) is 0 Å². The van der Waals surface area contributed by atoms with Gasteiger partial charge in [0.25, 0.3) is 5.91 Å². The van der Waals surface area contributed by atoms with Crippen molar-refractivity contribution >= 4 is 23.2 Å². The number of aromatic carboxylic acids is 1. The molecule has 2 N–H and O–H groups in total. The van der Waals surface area contributed by atoms with Gasteiger partial charge >= 0.3 is 5.97 Å². The zero-order chi connectivity index (χ0) is 15.2. The quantitative estimate of drug-likeness (QED) is 0.796. The maximum atomic E-state index is 11.7. The molecule has 0 saturated heterocycles. The van der Waals surface area contributed by atoms with Crippen molar-refractivity contribution in [1.29, 1.82) is 0 Å². The van der Waals surface area contributed by atoms with Crippen molar-refractivity contribution in [1.82, 2.24) is 10.3 Å². The molecule has 0 bridgehead atoms. The molecule has 0 spiro atoms. The second-order valence-electron chi connectivity index (χ2n) is 4.26. The van der Waals surface area contributed by atoms with Gasteiger partial charge in [0.15, 0.2) is 10.7 Å². The largest absolute Gasteiger partial charge is 0.492 e. The third-order valence-electron chi connectivity index (χ3n) is 2.56. The van der Waals surface area contributed by atoms with Crippen LogP contribution in [0.4, 0.5) is 0 Å². The number of benzene rings is 1. The van der Waals surface area contributed by atoms with Crippen molar-refractivity contribution in [3.05, 3.63) is 45.9 Å². The van der Waals surface area contributed by atoms with E-state index in [0.29, 0.717) is 13.2 Å². The summed E-state index contributed by atoms with van der Waals surface area (Å²) in [7, 11) is 0. The van der Waals surface area contributed by atoms with Crippen LogP contribution in [-0.4, -0.2) is 35.1 Å². The van der Waals surface area contributed by atoms with Gasteiger partial charge in [-0.1, -0.05) is 12.1 Å². The molecule has 2 aromatic rings. The number of rotatable bonds is 6. The van der Waals surface area contributed by atoms with Gasteiger partial charge in [-0.05, 0) is 24.6 Å². The van der Waals surface area contributed by atoms with Gasteiger partial charge in [-0.2, -0.15) is 0 Å². The van der Waals surface area contributed by atoms with Gasteiger partial charge in [-0.3, -0.25) is 4.79 Å². The van der Waals surface area contributed by atoms with Crippen molar-refractivity contribution in [2.45, 2.75) is 6.92 Å². The number of carboxylic acids is 1. The molecule has 110 valence electrons. The molecular weight excluding hydrogens is 292 g/mol. The minimum Gasteiger partial charge on any atom is -0.492 e. The number of nitrogens with zero attached hydrogens (tertiary/aromatic N) is 1. The lowest BCUT2D eigenvalue weighted by molar-refractivity contribution is 0.0691. The van der Waals surface area contributed by atoms with Crippen LogP contribution in [0.15, 0.2) is 29.6 Å². The monoisotopic (exact) mass is 306 g/mol. The Morgan fingerprint density at radius 2 is 2.24 bits per heavy atom. The number of nitrogens with one attached hydrogen (secondary N) is 1. The van der Waals surface area contributed by atoms with Crippen molar-refractivity contribution in [2.75, 3.05) is 13.2 Å². The van der Waals surface area contributed by atoms with Crippen LogP contribution in [0.2, 0.25) is 0 Å². The van der Waals surface area contributed by atoms with Gasteiger partial charge < -0.3 is 15.2 Å². The molecular formula is C14H14N2O4S. The number of aryl methyl sites for hydroxylation is 1. The molecule has 0 aliphatic rings. The summed E-state index contributed by atoms with van der Waals surface area (Å²) in [6.07, 6.45) is 0. The Morgan fingerprint density at radius 1 is 1.43 bits per heavy atom. The van der Waals surface area contributed by atoms with Crippen molar-refractivity contribution in [3.63, 3.8) is 0 Å². The zero-order valence-corrected chi connectivity index (χ0v) is 12.1. The van der Waals surface area contributed by atoms with E-state index in [9.17, 15) is 9.59 Å². The number of hydrogen-bond donors (Lipinski definition) is 2. The molecule has 2 rings (SSSR count). The fourth-order valence-electron chi connectivity index (χ4n) is 1.59. The number of carboxylic acid groups (broad SMARTS) is 1. The molecule has 1 aromatic heterocycles. The van der Waals surface area contributed by atoms with Crippen LogP contribution >= 0.6 is 11.3 Å². The first kappa shape index (κ1) is 15.0. The normalized spacial score (nSPS) is 10.1. The summed E-state index contributed by atoms with van der Waals surface area (Å²) in [5.41, 5.74) is 0.974. The molecule has 7 heteroatoms. The predicted molar refractivity (Wildman–Crippen MR) is 78.1 cm³/mol. The fraction of sp³-hybridized carbons (Fsp3) is 0.214. The van der Waals surface area contributed by atoms with E-state index in [-0.39, 0.29) is 10.7 Å². The van der Waals surface area contributed by atoms with E-state index >= 15 is 0 Å². The van der Waals surface area contributed by atoms with E-state index in [1.54, 1.807) is 0 Å². The van der Waals surface area contributed by atoms with Gasteiger partial charge in [0.1, 0.15) is 12.4 Å². The first-order valence-corrected chi connectivity index (χ1v) is 7.10. The summed E-state index contributed by atoms with van der Waals surface area (Å²) in [5, 5.41) is 12.8. The number of amides is 1. The highest BCUT2D eigenvalue weighted by Gasteiger charge is 2.14. The molecule has 6 nitrogen and oxygen atoms in total. The Kier molecular flexibility index (Phi) is 4.89. The highest BCUT2D eigenvalue weighted by molar-refractivity contribution is 7.11. The molecule has 0 aliphatic carbocycles. The molecule has 21 heavy (non-hydrogen) atoms. The number of carbonyl (C=O) groups is 2. The number of ether oxygens (including phenoxy) is 1. The van der Waals surface area contributed by atoms with E-state index in [2.05, 4.69) is 10.3 Å². The highest BCUT2D eigenvalue weighted by atomic mass is 32.1. The number of carbonyl (C=O) groups excluding carboxylic acids is 1. The van der Waals surface area contributed by atoms with Crippen LogP contribution in [0, 0.1) is 6.92 Å². The van der Waals surface area contributed by atoms with Crippen LogP contribution < -0.4 is 10.1 Å². The first-order chi connectivity index (χ1) is 10.1. The zero-order valence-electron chi connectivity index (χ0n) is 11.3. The average Bonchev–Trinajstić information content (AvgIpc) is 2.93. The first-order valence-electron chi connectivity index (χ1n) is 6.23. The predicted octanol–water partition coefficient (Wildman–Crippen LogP) is 1.96. The molecule has 1 heterocycles. The molecule has 0 fully saturated rings. The van der Waals surface area contributed by atoms with Crippen LogP contribution in [0.5, 0.6) is 5.75 Å². The molecule has 1 amide bonds. The standard InChI is InChI=1S/C14H14N2O4S/c1-9-3-2-4-10(7-9)20-6-5-15-12(17)13-16-11(8-21-13)14(18)19/h2-4,7-8H,5-6H2,1H3,(H,15,17)(H,18,19). The Hall–Kier alpha value is -2.41. The maximum Gasteiger partial charge on any atom is 0.355 e. The number of thiazole rings is 1. The summed E-state index contributed by atoms with van der Waals surface area (Å²) < 4.78 is 5.49. The van der Waals surface area contributed by atoms with Crippen LogP contribution in [0.1, 0.15) is 25.9 Å². The van der Waals surface area contributed by atoms with Crippen molar-refractivity contribution in [2.24, 2.45) is 0 Å². The highest BCUT2D eigenvalue weighted by Crippen LogP contribution is 2.12. The lowest BCUT2D eigenvalue weighted by Gasteiger charge is -2.07. The Bertz CT molecular complexity index is 654. The number of hydrogen-bond acceptors (Lipinski definition) is 5. The van der Waals surface area contributed by atoms with E-state index in [1.165, 1.54) is 5.38 Å². The lowest BCUT2D eigenvalue weighted by Crippen LogP contribution is -2.28. The molecule has 0 atom stereocenters. The smallest absolute Gasteiger partial charge is 0.355 e. The lowest BCUT2D eigenvalue weighted by atomic mass is 10.2. The summed E-state index contributed by atoms with van der Waals surface area (Å²) in [6.45, 7) is 2.61.